The molecule has 1 aliphatic heterocycles. The maximum Gasteiger partial charge on any atom is 0.404 e. The molecule has 0 bridgehead atoms. The Bertz CT molecular complexity index is 520. The fourth-order valence-electron chi connectivity index (χ4n) is 1.92. The SMILES string of the molecule is CN1CC=C(c2csc(=S)[nH]2)C[C@@H]1COC(N)=O. The predicted molar refractivity (Wildman–Crippen MR) is 74.1 cm³/mol. The third kappa shape index (κ3) is 3.18. The van der Waals surface area contributed by atoms with Crippen molar-refractivity contribution in [3.8, 4) is 0 Å². The number of hydrogen-bond donors (Lipinski definition) is 2. The number of ether oxygens (including phenoxy) is 1. The van der Waals surface area contributed by atoms with Crippen molar-refractivity contribution in [1.82, 2.24) is 9.88 Å². The molecule has 0 aliphatic carbocycles. The molecular weight excluding hydrogens is 270 g/mol. The number of amides is 1. The van der Waals surface area contributed by atoms with Crippen LogP contribution in [0.5, 0.6) is 0 Å². The van der Waals surface area contributed by atoms with Gasteiger partial charge in [-0.05, 0) is 31.3 Å². The van der Waals surface area contributed by atoms with Crippen LogP contribution in [-0.2, 0) is 4.74 Å². The molecule has 2 rings (SSSR count). The Kier molecular flexibility index (Phi) is 4.15. The average molecular weight is 285 g/mol. The quantitative estimate of drug-likeness (QED) is 0.833. The van der Waals surface area contributed by atoms with Crippen molar-refractivity contribution in [1.29, 1.82) is 0 Å². The van der Waals surface area contributed by atoms with Crippen molar-refractivity contribution in [2.75, 3.05) is 20.2 Å². The van der Waals surface area contributed by atoms with E-state index in [2.05, 4.69) is 16.0 Å². The Hall–Kier alpha value is -1.18. The number of hydrogen-bond acceptors (Lipinski definition) is 5. The van der Waals surface area contributed by atoms with Crippen LogP contribution in [0.2, 0.25) is 0 Å². The molecule has 0 unspecified atom stereocenters. The van der Waals surface area contributed by atoms with Crippen molar-refractivity contribution in [3.63, 3.8) is 0 Å². The lowest BCUT2D eigenvalue weighted by Crippen LogP contribution is -2.39. The van der Waals surface area contributed by atoms with Gasteiger partial charge in [0.25, 0.3) is 0 Å². The first kappa shape index (κ1) is 13.3. The zero-order valence-corrected chi connectivity index (χ0v) is 11.6. The number of carbonyl (C=O) groups excluding carboxylic acids is 1. The lowest BCUT2D eigenvalue weighted by atomic mass is 9.99. The summed E-state index contributed by atoms with van der Waals surface area (Å²) in [6.45, 7) is 1.13. The molecule has 1 aromatic rings. The molecule has 0 aromatic carbocycles. The highest BCUT2D eigenvalue weighted by Gasteiger charge is 2.22. The molecule has 0 saturated carbocycles. The molecule has 7 heteroatoms. The van der Waals surface area contributed by atoms with Crippen LogP contribution < -0.4 is 5.73 Å². The first-order valence-electron chi connectivity index (χ1n) is 5.56. The molecule has 1 atom stereocenters. The highest BCUT2D eigenvalue weighted by atomic mass is 32.1. The summed E-state index contributed by atoms with van der Waals surface area (Å²) < 4.78 is 5.66. The van der Waals surface area contributed by atoms with Gasteiger partial charge in [0.1, 0.15) is 6.61 Å². The predicted octanol–water partition coefficient (Wildman–Crippen LogP) is 1.99. The largest absolute Gasteiger partial charge is 0.448 e. The monoisotopic (exact) mass is 285 g/mol. The standard InChI is InChI=1S/C11H15N3O2S2/c1-14-3-2-7(9-6-18-11(17)13-9)4-8(14)5-16-10(12)15/h2,6,8H,3-5H2,1H3,(H2,12,15)(H,13,17)/t8-/m1/s1. The molecule has 0 radical (unpaired) electrons. The summed E-state index contributed by atoms with van der Waals surface area (Å²) >= 11 is 6.60. The van der Waals surface area contributed by atoms with Gasteiger partial charge >= 0.3 is 6.09 Å². The molecule has 0 spiro atoms. The summed E-state index contributed by atoms with van der Waals surface area (Å²) in [5.41, 5.74) is 7.26. The minimum Gasteiger partial charge on any atom is -0.448 e. The summed E-state index contributed by atoms with van der Waals surface area (Å²) in [7, 11) is 2.00. The number of thiazole rings is 1. The van der Waals surface area contributed by atoms with E-state index in [1.165, 1.54) is 16.9 Å². The van der Waals surface area contributed by atoms with Gasteiger partial charge in [-0.2, -0.15) is 0 Å². The Morgan fingerprint density at radius 1 is 1.78 bits per heavy atom. The van der Waals surface area contributed by atoms with Crippen molar-refractivity contribution in [2.45, 2.75) is 12.5 Å². The highest BCUT2D eigenvalue weighted by Crippen LogP contribution is 2.26. The highest BCUT2D eigenvalue weighted by molar-refractivity contribution is 7.73. The molecule has 98 valence electrons. The van der Waals surface area contributed by atoms with Gasteiger partial charge in [0, 0.05) is 18.0 Å². The van der Waals surface area contributed by atoms with Crippen LogP contribution in [0.15, 0.2) is 11.5 Å². The number of nitrogens with zero attached hydrogens (tertiary/aromatic N) is 1. The van der Waals surface area contributed by atoms with Gasteiger partial charge in [0.05, 0.1) is 5.69 Å². The molecule has 5 nitrogen and oxygen atoms in total. The van der Waals surface area contributed by atoms with Gasteiger partial charge in [-0.3, -0.25) is 4.90 Å². The third-order valence-corrected chi connectivity index (χ3v) is 4.05. The van der Waals surface area contributed by atoms with E-state index in [9.17, 15) is 4.79 Å². The van der Waals surface area contributed by atoms with Gasteiger partial charge < -0.3 is 15.5 Å². The van der Waals surface area contributed by atoms with Crippen LogP contribution in [0.1, 0.15) is 12.1 Å². The molecular formula is C11H15N3O2S2. The second kappa shape index (κ2) is 5.64. The van der Waals surface area contributed by atoms with E-state index in [1.54, 1.807) is 0 Å². The zero-order valence-electron chi connectivity index (χ0n) is 10.0. The molecule has 3 N–H and O–H groups in total. The van der Waals surface area contributed by atoms with Crippen molar-refractivity contribution < 1.29 is 9.53 Å². The number of rotatable bonds is 3. The van der Waals surface area contributed by atoms with Crippen molar-refractivity contribution >= 4 is 35.2 Å². The maximum absolute atomic E-state index is 10.7. The minimum atomic E-state index is -0.727. The van der Waals surface area contributed by atoms with Crippen molar-refractivity contribution in [3.05, 3.63) is 21.1 Å². The number of nitrogens with one attached hydrogen (secondary N) is 1. The minimum absolute atomic E-state index is 0.152. The van der Waals surface area contributed by atoms with Crippen molar-refractivity contribution in [2.24, 2.45) is 5.73 Å². The summed E-state index contributed by atoms with van der Waals surface area (Å²) in [5.74, 6) is 0. The summed E-state index contributed by atoms with van der Waals surface area (Å²) in [5, 5.41) is 2.02. The second-order valence-electron chi connectivity index (χ2n) is 4.22. The third-order valence-electron chi connectivity index (χ3n) is 2.99. The number of likely N-dealkylation sites (N-methyl/N-ethyl adjacent to an activating group) is 1. The van der Waals surface area contributed by atoms with E-state index in [4.69, 9.17) is 22.7 Å². The van der Waals surface area contributed by atoms with Crippen LogP contribution in [0, 0.1) is 3.95 Å². The van der Waals surface area contributed by atoms with E-state index in [0.717, 1.165) is 22.6 Å². The average Bonchev–Trinajstić information content (AvgIpc) is 2.74. The van der Waals surface area contributed by atoms with Gasteiger partial charge in [0.15, 0.2) is 3.95 Å². The van der Waals surface area contributed by atoms with Gasteiger partial charge in [-0.25, -0.2) is 4.79 Å². The van der Waals surface area contributed by atoms with E-state index >= 15 is 0 Å². The van der Waals surface area contributed by atoms with Crippen LogP contribution in [-0.4, -0.2) is 42.2 Å². The molecule has 1 aromatic heterocycles. The smallest absolute Gasteiger partial charge is 0.404 e. The number of nitrogens with two attached hydrogens (primary N) is 1. The summed E-state index contributed by atoms with van der Waals surface area (Å²) in [4.78, 5) is 15.9. The molecule has 1 amide bonds. The fraction of sp³-hybridized carbons (Fsp3) is 0.455. The van der Waals surface area contributed by atoms with Crippen LogP contribution in [0.3, 0.4) is 0 Å². The number of H-pyrrole nitrogens is 1. The summed E-state index contributed by atoms with van der Waals surface area (Å²) in [6, 6.07) is 0.152. The Morgan fingerprint density at radius 2 is 2.56 bits per heavy atom. The summed E-state index contributed by atoms with van der Waals surface area (Å²) in [6.07, 6.45) is 2.24. The molecule has 0 saturated heterocycles. The molecule has 18 heavy (non-hydrogen) atoms. The second-order valence-corrected chi connectivity index (χ2v) is 5.77. The number of carbonyl (C=O) groups is 1. The number of aromatic amines is 1. The lowest BCUT2D eigenvalue weighted by Gasteiger charge is -2.31. The number of aromatic nitrogens is 1. The zero-order chi connectivity index (χ0) is 13.1. The normalized spacial score (nSPS) is 20.5. The van der Waals surface area contributed by atoms with E-state index in [0.29, 0.717) is 6.61 Å². The van der Waals surface area contributed by atoms with E-state index in [1.807, 2.05) is 12.4 Å². The Labute approximate surface area is 114 Å². The lowest BCUT2D eigenvalue weighted by molar-refractivity contribution is 0.112. The Morgan fingerprint density at radius 3 is 3.17 bits per heavy atom. The first-order valence-corrected chi connectivity index (χ1v) is 6.84. The molecule has 1 aliphatic rings. The van der Waals surface area contributed by atoms with Crippen LogP contribution in [0.25, 0.3) is 5.57 Å². The Balaban J connectivity index is 2.06. The van der Waals surface area contributed by atoms with Gasteiger partial charge in [0.2, 0.25) is 0 Å². The fourth-order valence-corrected chi connectivity index (χ4v) is 2.78. The van der Waals surface area contributed by atoms with E-state index < -0.39 is 6.09 Å². The van der Waals surface area contributed by atoms with Crippen LogP contribution >= 0.6 is 23.6 Å². The van der Waals surface area contributed by atoms with Gasteiger partial charge in [-0.1, -0.05) is 6.08 Å². The van der Waals surface area contributed by atoms with Crippen LogP contribution in [0.4, 0.5) is 4.79 Å². The topological polar surface area (TPSA) is 71.3 Å². The molecule has 2 heterocycles. The van der Waals surface area contributed by atoms with Gasteiger partial charge in [-0.15, -0.1) is 11.3 Å². The first-order chi connectivity index (χ1) is 8.56. The molecule has 0 fully saturated rings. The maximum atomic E-state index is 10.7. The van der Waals surface area contributed by atoms with E-state index in [-0.39, 0.29) is 6.04 Å². The number of primary amides is 1.